The van der Waals surface area contributed by atoms with E-state index in [1.807, 2.05) is 62.2 Å². The van der Waals surface area contributed by atoms with Crippen molar-refractivity contribution in [2.24, 2.45) is 4.99 Å². The Balaban J connectivity index is 1.81. The van der Waals surface area contributed by atoms with Crippen molar-refractivity contribution in [3.05, 3.63) is 53.6 Å². The molecule has 0 unspecified atom stereocenters. The lowest BCUT2D eigenvalue weighted by Crippen LogP contribution is -2.33. The Morgan fingerprint density at radius 2 is 1.83 bits per heavy atom. The molecule has 1 aliphatic heterocycles. The number of fused-ring (bicyclic) bond motifs is 1. The first kappa shape index (κ1) is 15.6. The lowest BCUT2D eigenvalue weighted by atomic mass is 10.1. The second kappa shape index (κ2) is 6.46. The number of nitrogens with one attached hydrogen (secondary N) is 1. The van der Waals surface area contributed by atoms with Crippen molar-refractivity contribution >= 4 is 35.0 Å². The SMILES string of the molecule is Cc1cccc(C)c1NC(=O)/N=C1\CSc2ccccc2N1C. The van der Waals surface area contributed by atoms with Gasteiger partial charge in [0.15, 0.2) is 0 Å². The van der Waals surface area contributed by atoms with E-state index in [1.54, 1.807) is 11.8 Å². The highest BCUT2D eigenvalue weighted by molar-refractivity contribution is 8.00. The van der Waals surface area contributed by atoms with Crippen LogP contribution in [0.4, 0.5) is 16.2 Å². The molecule has 3 rings (SSSR count). The van der Waals surface area contributed by atoms with E-state index in [-0.39, 0.29) is 6.03 Å². The third kappa shape index (κ3) is 3.24. The quantitative estimate of drug-likeness (QED) is 0.841. The van der Waals surface area contributed by atoms with Crippen LogP contribution in [0.3, 0.4) is 0 Å². The molecule has 0 fully saturated rings. The highest BCUT2D eigenvalue weighted by Gasteiger charge is 2.20. The predicted molar refractivity (Wildman–Crippen MR) is 97.9 cm³/mol. The number of aryl methyl sites for hydroxylation is 2. The molecule has 2 amide bonds. The summed E-state index contributed by atoms with van der Waals surface area (Å²) in [4.78, 5) is 19.8. The molecule has 0 spiro atoms. The van der Waals surface area contributed by atoms with Crippen LogP contribution in [0, 0.1) is 13.8 Å². The molecule has 0 saturated carbocycles. The molecule has 1 heterocycles. The number of nitrogens with zero attached hydrogens (tertiary/aromatic N) is 2. The number of amides is 2. The summed E-state index contributed by atoms with van der Waals surface area (Å²) < 4.78 is 0. The smallest absolute Gasteiger partial charge is 0.331 e. The second-order valence-corrected chi connectivity index (χ2v) is 6.56. The van der Waals surface area contributed by atoms with E-state index < -0.39 is 0 Å². The molecule has 0 aromatic heterocycles. The van der Waals surface area contributed by atoms with Crippen LogP contribution < -0.4 is 10.2 Å². The Hall–Kier alpha value is -2.27. The van der Waals surface area contributed by atoms with Gasteiger partial charge >= 0.3 is 6.03 Å². The van der Waals surface area contributed by atoms with Crippen LogP contribution in [0.2, 0.25) is 0 Å². The summed E-state index contributed by atoms with van der Waals surface area (Å²) in [5, 5.41) is 2.91. The minimum Gasteiger partial charge on any atom is -0.331 e. The third-order valence-electron chi connectivity index (χ3n) is 3.91. The maximum atomic E-state index is 12.3. The van der Waals surface area contributed by atoms with E-state index in [9.17, 15) is 4.79 Å². The molecule has 0 atom stereocenters. The average molecular weight is 325 g/mol. The Bertz CT molecular complexity index is 765. The highest BCUT2D eigenvalue weighted by Crippen LogP contribution is 2.34. The molecule has 2 aromatic rings. The van der Waals surface area contributed by atoms with Gasteiger partial charge in [-0.1, -0.05) is 30.3 Å². The fourth-order valence-electron chi connectivity index (χ4n) is 2.61. The van der Waals surface area contributed by atoms with Crippen molar-refractivity contribution in [2.75, 3.05) is 23.0 Å². The molecule has 2 aromatic carbocycles. The van der Waals surface area contributed by atoms with Crippen molar-refractivity contribution in [1.29, 1.82) is 0 Å². The fraction of sp³-hybridized carbons (Fsp3) is 0.222. The molecular formula is C18H19N3OS. The maximum absolute atomic E-state index is 12.3. The Kier molecular flexibility index (Phi) is 4.39. The summed E-state index contributed by atoms with van der Waals surface area (Å²) in [5.74, 6) is 1.45. The molecule has 118 valence electrons. The van der Waals surface area contributed by atoms with E-state index in [0.29, 0.717) is 5.75 Å². The van der Waals surface area contributed by atoms with Gasteiger partial charge in [0.05, 0.1) is 11.4 Å². The minimum atomic E-state index is -0.329. The van der Waals surface area contributed by atoms with Crippen LogP contribution in [-0.4, -0.2) is 24.7 Å². The first-order chi connectivity index (χ1) is 11.1. The van der Waals surface area contributed by atoms with Crippen molar-refractivity contribution in [2.45, 2.75) is 18.7 Å². The number of amidine groups is 1. The van der Waals surface area contributed by atoms with Gasteiger partial charge in [-0.3, -0.25) is 0 Å². The van der Waals surface area contributed by atoms with Gasteiger partial charge in [-0.2, -0.15) is 4.99 Å². The van der Waals surface area contributed by atoms with Gasteiger partial charge in [-0.15, -0.1) is 11.8 Å². The number of carbonyl (C=O) groups is 1. The summed E-state index contributed by atoms with van der Waals surface area (Å²) in [6.07, 6.45) is 0. The van der Waals surface area contributed by atoms with Crippen LogP contribution >= 0.6 is 11.8 Å². The minimum absolute atomic E-state index is 0.329. The predicted octanol–water partition coefficient (Wildman–Crippen LogP) is 4.48. The second-order valence-electron chi connectivity index (χ2n) is 5.54. The standard InChI is InChI=1S/C18H19N3OS/c1-12-7-6-8-13(2)17(12)20-18(22)19-16-11-23-15-10-5-4-9-14(15)21(16)3/h4-10H,11H2,1-3H3,(H,20,22)/b19-16+. The Morgan fingerprint density at radius 3 is 2.57 bits per heavy atom. The summed E-state index contributed by atoms with van der Waals surface area (Å²) in [5.41, 5.74) is 4.00. The molecular weight excluding hydrogens is 306 g/mol. The van der Waals surface area contributed by atoms with E-state index in [2.05, 4.69) is 16.4 Å². The number of benzene rings is 2. The van der Waals surface area contributed by atoms with Crippen molar-refractivity contribution in [3.8, 4) is 0 Å². The van der Waals surface area contributed by atoms with E-state index in [1.165, 1.54) is 4.90 Å². The number of carbonyl (C=O) groups excluding carboxylic acids is 1. The van der Waals surface area contributed by atoms with Crippen LogP contribution in [0.15, 0.2) is 52.4 Å². The molecule has 23 heavy (non-hydrogen) atoms. The van der Waals surface area contributed by atoms with Crippen LogP contribution in [0.1, 0.15) is 11.1 Å². The zero-order valence-electron chi connectivity index (χ0n) is 13.5. The zero-order valence-corrected chi connectivity index (χ0v) is 14.3. The van der Waals surface area contributed by atoms with Crippen molar-refractivity contribution in [1.82, 2.24) is 0 Å². The lowest BCUT2D eigenvalue weighted by Gasteiger charge is -2.28. The summed E-state index contributed by atoms with van der Waals surface area (Å²) >= 11 is 1.70. The number of thioether (sulfide) groups is 1. The molecule has 1 aliphatic rings. The summed E-state index contributed by atoms with van der Waals surface area (Å²) in [7, 11) is 1.95. The molecule has 0 bridgehead atoms. The van der Waals surface area contributed by atoms with Gasteiger partial charge in [-0.25, -0.2) is 4.79 Å². The number of para-hydroxylation sites is 2. The van der Waals surface area contributed by atoms with E-state index >= 15 is 0 Å². The lowest BCUT2D eigenvalue weighted by molar-refractivity contribution is 0.259. The van der Waals surface area contributed by atoms with Gasteiger partial charge in [0.1, 0.15) is 5.84 Å². The van der Waals surface area contributed by atoms with Gasteiger partial charge < -0.3 is 10.2 Å². The fourth-order valence-corrected chi connectivity index (χ4v) is 3.68. The Labute approximate surface area is 140 Å². The number of anilines is 2. The number of rotatable bonds is 1. The monoisotopic (exact) mass is 325 g/mol. The summed E-state index contributed by atoms with van der Waals surface area (Å²) in [6.45, 7) is 3.96. The van der Waals surface area contributed by atoms with Gasteiger partial charge in [0.2, 0.25) is 0 Å². The van der Waals surface area contributed by atoms with E-state index in [4.69, 9.17) is 0 Å². The van der Waals surface area contributed by atoms with Gasteiger partial charge in [0, 0.05) is 17.6 Å². The van der Waals surface area contributed by atoms with Gasteiger partial charge in [-0.05, 0) is 37.1 Å². The molecule has 1 N–H and O–H groups in total. The average Bonchev–Trinajstić information content (AvgIpc) is 2.54. The maximum Gasteiger partial charge on any atom is 0.347 e. The van der Waals surface area contributed by atoms with Crippen molar-refractivity contribution in [3.63, 3.8) is 0 Å². The zero-order chi connectivity index (χ0) is 16.4. The molecule has 0 saturated heterocycles. The molecule has 5 heteroatoms. The first-order valence-electron chi connectivity index (χ1n) is 7.46. The largest absolute Gasteiger partial charge is 0.347 e. The third-order valence-corrected chi connectivity index (χ3v) is 4.97. The summed E-state index contributed by atoms with van der Waals surface area (Å²) in [6, 6.07) is 13.8. The van der Waals surface area contributed by atoms with Crippen LogP contribution in [-0.2, 0) is 0 Å². The molecule has 0 radical (unpaired) electrons. The van der Waals surface area contributed by atoms with E-state index in [0.717, 1.165) is 28.3 Å². The van der Waals surface area contributed by atoms with Crippen LogP contribution in [0.25, 0.3) is 0 Å². The topological polar surface area (TPSA) is 44.7 Å². The first-order valence-corrected chi connectivity index (χ1v) is 8.45. The number of aliphatic imine (C=N–C) groups is 1. The molecule has 0 aliphatic carbocycles. The molecule has 4 nitrogen and oxygen atoms in total. The highest BCUT2D eigenvalue weighted by atomic mass is 32.2. The number of hydrogen-bond donors (Lipinski definition) is 1. The number of urea groups is 1. The normalized spacial score (nSPS) is 15.4. The van der Waals surface area contributed by atoms with Crippen molar-refractivity contribution < 1.29 is 4.79 Å². The Morgan fingerprint density at radius 1 is 1.13 bits per heavy atom. The number of hydrogen-bond acceptors (Lipinski definition) is 2. The van der Waals surface area contributed by atoms with Crippen LogP contribution in [0.5, 0.6) is 0 Å². The van der Waals surface area contributed by atoms with Gasteiger partial charge in [0.25, 0.3) is 0 Å².